The number of carbonyl (C=O) groups excluding carboxylic acids is 1. The van der Waals surface area contributed by atoms with Gasteiger partial charge in [0, 0.05) is 11.1 Å². The highest BCUT2D eigenvalue weighted by Gasteiger charge is 2.31. The van der Waals surface area contributed by atoms with Crippen molar-refractivity contribution in [1.29, 1.82) is 0 Å². The molecule has 7 heteroatoms. The SMILES string of the molecule is CCOC(=O)C(c1nc(Cc2nc(C)cs2)no1)C(C)C. The molecule has 1 unspecified atom stereocenters. The monoisotopic (exact) mass is 309 g/mol. The van der Waals surface area contributed by atoms with Crippen LogP contribution in [0.4, 0.5) is 0 Å². The Morgan fingerprint density at radius 1 is 1.43 bits per heavy atom. The third kappa shape index (κ3) is 3.87. The second-order valence-corrected chi connectivity index (χ2v) is 6.02. The van der Waals surface area contributed by atoms with Crippen LogP contribution in [0.1, 0.15) is 49.1 Å². The zero-order valence-corrected chi connectivity index (χ0v) is 13.4. The Hall–Kier alpha value is -1.76. The predicted octanol–water partition coefficient (Wildman–Crippen LogP) is 2.73. The smallest absolute Gasteiger partial charge is 0.318 e. The summed E-state index contributed by atoms with van der Waals surface area (Å²) in [5, 5.41) is 6.85. The summed E-state index contributed by atoms with van der Waals surface area (Å²) in [5.41, 5.74) is 0.977. The van der Waals surface area contributed by atoms with E-state index in [2.05, 4.69) is 15.1 Å². The summed E-state index contributed by atoms with van der Waals surface area (Å²) in [7, 11) is 0. The van der Waals surface area contributed by atoms with Gasteiger partial charge in [0.15, 0.2) is 5.82 Å². The molecular weight excluding hydrogens is 290 g/mol. The summed E-state index contributed by atoms with van der Waals surface area (Å²) in [6.07, 6.45) is 0.510. The van der Waals surface area contributed by atoms with Crippen LogP contribution >= 0.6 is 11.3 Å². The predicted molar refractivity (Wildman–Crippen MR) is 78.2 cm³/mol. The minimum Gasteiger partial charge on any atom is -0.465 e. The van der Waals surface area contributed by atoms with Crippen molar-refractivity contribution in [2.24, 2.45) is 5.92 Å². The van der Waals surface area contributed by atoms with Crippen molar-refractivity contribution in [2.75, 3.05) is 6.61 Å². The van der Waals surface area contributed by atoms with Gasteiger partial charge in [0.1, 0.15) is 10.9 Å². The van der Waals surface area contributed by atoms with Gasteiger partial charge >= 0.3 is 5.97 Å². The van der Waals surface area contributed by atoms with Gasteiger partial charge in [-0.3, -0.25) is 4.79 Å². The van der Waals surface area contributed by atoms with Crippen LogP contribution in [0.5, 0.6) is 0 Å². The first-order valence-electron chi connectivity index (χ1n) is 6.91. The quantitative estimate of drug-likeness (QED) is 0.763. The van der Waals surface area contributed by atoms with Crippen LogP contribution in [-0.4, -0.2) is 27.7 Å². The average Bonchev–Trinajstić information content (AvgIpc) is 3.00. The van der Waals surface area contributed by atoms with Gasteiger partial charge in [-0.05, 0) is 19.8 Å². The minimum atomic E-state index is -0.524. The number of rotatable bonds is 6. The Balaban J connectivity index is 2.14. The Morgan fingerprint density at radius 3 is 2.76 bits per heavy atom. The van der Waals surface area contributed by atoms with E-state index in [-0.39, 0.29) is 11.9 Å². The van der Waals surface area contributed by atoms with Crippen molar-refractivity contribution in [1.82, 2.24) is 15.1 Å². The van der Waals surface area contributed by atoms with Crippen LogP contribution in [0.2, 0.25) is 0 Å². The molecule has 2 aromatic heterocycles. The molecule has 1 atom stereocenters. The van der Waals surface area contributed by atoms with Crippen molar-refractivity contribution in [2.45, 2.75) is 40.0 Å². The fraction of sp³-hybridized carbons (Fsp3) is 0.571. The molecule has 2 aromatic rings. The molecule has 0 aliphatic carbocycles. The summed E-state index contributed by atoms with van der Waals surface area (Å²) in [4.78, 5) is 20.7. The van der Waals surface area contributed by atoms with E-state index in [0.29, 0.717) is 24.7 Å². The lowest BCUT2D eigenvalue weighted by Gasteiger charge is -2.14. The number of hydrogen-bond donors (Lipinski definition) is 0. The molecule has 6 nitrogen and oxygen atoms in total. The van der Waals surface area contributed by atoms with Crippen LogP contribution in [0.3, 0.4) is 0 Å². The lowest BCUT2D eigenvalue weighted by Crippen LogP contribution is -2.21. The first-order valence-corrected chi connectivity index (χ1v) is 7.79. The first kappa shape index (κ1) is 15.6. The van der Waals surface area contributed by atoms with Crippen molar-refractivity contribution in [3.05, 3.63) is 27.8 Å². The van der Waals surface area contributed by atoms with Crippen LogP contribution in [0, 0.1) is 12.8 Å². The molecular formula is C14H19N3O3S. The van der Waals surface area contributed by atoms with E-state index >= 15 is 0 Å². The Bertz CT molecular complexity index is 606. The molecule has 0 aliphatic rings. The average molecular weight is 309 g/mol. The maximum atomic E-state index is 12.0. The number of aromatic nitrogens is 3. The molecule has 0 spiro atoms. The van der Waals surface area contributed by atoms with Gasteiger partial charge in [0.2, 0.25) is 5.89 Å². The molecule has 0 amide bonds. The highest BCUT2D eigenvalue weighted by molar-refractivity contribution is 7.09. The van der Waals surface area contributed by atoms with Crippen LogP contribution in [-0.2, 0) is 16.0 Å². The lowest BCUT2D eigenvalue weighted by molar-refractivity contribution is -0.146. The van der Waals surface area contributed by atoms with E-state index in [1.165, 1.54) is 0 Å². The number of esters is 1. The summed E-state index contributed by atoms with van der Waals surface area (Å²) in [6.45, 7) is 7.91. The number of aryl methyl sites for hydroxylation is 1. The second-order valence-electron chi connectivity index (χ2n) is 5.08. The molecule has 0 aromatic carbocycles. The lowest BCUT2D eigenvalue weighted by atomic mass is 9.96. The van der Waals surface area contributed by atoms with E-state index in [1.807, 2.05) is 26.2 Å². The second kappa shape index (κ2) is 6.80. The fourth-order valence-corrected chi connectivity index (χ4v) is 2.74. The normalized spacial score (nSPS) is 12.6. The van der Waals surface area contributed by atoms with Crippen LogP contribution in [0.25, 0.3) is 0 Å². The van der Waals surface area contributed by atoms with E-state index in [9.17, 15) is 4.79 Å². The van der Waals surface area contributed by atoms with Crippen molar-refractivity contribution >= 4 is 17.3 Å². The molecule has 0 fully saturated rings. The van der Waals surface area contributed by atoms with Crippen molar-refractivity contribution in [3.63, 3.8) is 0 Å². The standard InChI is InChI=1S/C14H19N3O3S/c1-5-19-14(18)12(8(2)3)13-16-10(17-20-13)6-11-15-9(4)7-21-11/h7-8,12H,5-6H2,1-4H3. The molecule has 0 radical (unpaired) electrons. The van der Waals surface area contributed by atoms with Gasteiger partial charge in [0.25, 0.3) is 0 Å². The molecule has 0 aliphatic heterocycles. The maximum Gasteiger partial charge on any atom is 0.318 e. The summed E-state index contributed by atoms with van der Waals surface area (Å²) >= 11 is 1.56. The summed E-state index contributed by atoms with van der Waals surface area (Å²) < 4.78 is 10.3. The minimum absolute atomic E-state index is 0.0273. The van der Waals surface area contributed by atoms with E-state index in [1.54, 1.807) is 18.3 Å². The fourth-order valence-electron chi connectivity index (χ4n) is 1.97. The third-order valence-corrected chi connectivity index (χ3v) is 3.90. The molecule has 114 valence electrons. The van der Waals surface area contributed by atoms with E-state index < -0.39 is 5.92 Å². The number of nitrogens with zero attached hydrogens (tertiary/aromatic N) is 3. The Labute approximate surface area is 127 Å². The molecule has 0 N–H and O–H groups in total. The van der Waals surface area contributed by atoms with Crippen molar-refractivity contribution in [3.8, 4) is 0 Å². The Morgan fingerprint density at radius 2 is 2.19 bits per heavy atom. The van der Waals surface area contributed by atoms with E-state index in [4.69, 9.17) is 9.26 Å². The van der Waals surface area contributed by atoms with Crippen LogP contribution < -0.4 is 0 Å². The topological polar surface area (TPSA) is 78.1 Å². The van der Waals surface area contributed by atoms with Gasteiger partial charge in [0.05, 0.1) is 13.0 Å². The highest BCUT2D eigenvalue weighted by Crippen LogP contribution is 2.25. The zero-order chi connectivity index (χ0) is 15.4. The first-order chi connectivity index (χ1) is 10.0. The molecule has 21 heavy (non-hydrogen) atoms. The molecule has 0 saturated heterocycles. The number of ether oxygens (including phenoxy) is 1. The van der Waals surface area contributed by atoms with Gasteiger partial charge in [-0.15, -0.1) is 11.3 Å². The largest absolute Gasteiger partial charge is 0.465 e. The molecule has 0 bridgehead atoms. The van der Waals surface area contributed by atoms with Gasteiger partial charge < -0.3 is 9.26 Å². The molecule has 2 heterocycles. The summed E-state index contributed by atoms with van der Waals surface area (Å²) in [5.74, 6) is 0.0255. The van der Waals surface area contributed by atoms with Gasteiger partial charge in [-0.25, -0.2) is 4.98 Å². The van der Waals surface area contributed by atoms with E-state index in [0.717, 1.165) is 10.7 Å². The number of thiazole rings is 1. The highest BCUT2D eigenvalue weighted by atomic mass is 32.1. The molecule has 2 rings (SSSR count). The number of carbonyl (C=O) groups is 1. The third-order valence-electron chi connectivity index (χ3n) is 2.93. The van der Waals surface area contributed by atoms with Crippen LogP contribution in [0.15, 0.2) is 9.90 Å². The number of hydrogen-bond acceptors (Lipinski definition) is 7. The molecule has 0 saturated carbocycles. The maximum absolute atomic E-state index is 12.0. The zero-order valence-electron chi connectivity index (χ0n) is 12.6. The Kier molecular flexibility index (Phi) is 5.06. The van der Waals surface area contributed by atoms with Gasteiger partial charge in [-0.2, -0.15) is 4.98 Å². The summed E-state index contributed by atoms with van der Waals surface area (Å²) in [6, 6.07) is 0. The van der Waals surface area contributed by atoms with Crippen molar-refractivity contribution < 1.29 is 14.1 Å². The van der Waals surface area contributed by atoms with Gasteiger partial charge in [-0.1, -0.05) is 19.0 Å².